The highest BCUT2D eigenvalue weighted by Crippen LogP contribution is 2.25. The van der Waals surface area contributed by atoms with Crippen LogP contribution >= 0.6 is 0 Å². The number of rotatable bonds is 4. The molecule has 1 amide bonds. The standard InChI is InChI=1S/C14H19NO7/c1-7(17)15-8-2-4-9(5-3-8)21-14-13(20)12(19)11(18)10(6-16)22-14/h2-5,10-14,16,18-20H,6H2,1H3,(H,15,17)/t10-,11-,12+,13+,14-/m1/s1. The van der Waals surface area contributed by atoms with Gasteiger partial charge in [0, 0.05) is 12.6 Å². The second-order valence-electron chi connectivity index (χ2n) is 5.02. The van der Waals surface area contributed by atoms with Gasteiger partial charge in [-0.25, -0.2) is 0 Å². The summed E-state index contributed by atoms with van der Waals surface area (Å²) in [6.07, 6.45) is -6.64. The lowest BCUT2D eigenvalue weighted by Gasteiger charge is -2.39. The van der Waals surface area contributed by atoms with Crippen LogP contribution in [-0.4, -0.2) is 63.6 Å². The number of amides is 1. The smallest absolute Gasteiger partial charge is 0.229 e. The van der Waals surface area contributed by atoms with E-state index >= 15 is 0 Å². The summed E-state index contributed by atoms with van der Waals surface area (Å²) < 4.78 is 10.6. The zero-order valence-corrected chi connectivity index (χ0v) is 11.9. The van der Waals surface area contributed by atoms with Gasteiger partial charge in [-0.15, -0.1) is 0 Å². The Labute approximate surface area is 126 Å². The topological polar surface area (TPSA) is 128 Å². The van der Waals surface area contributed by atoms with Crippen molar-refractivity contribution in [3.63, 3.8) is 0 Å². The lowest BCUT2D eigenvalue weighted by molar-refractivity contribution is -0.277. The van der Waals surface area contributed by atoms with Crippen molar-refractivity contribution in [2.24, 2.45) is 0 Å². The normalized spacial score (nSPS) is 31.6. The molecular weight excluding hydrogens is 294 g/mol. The van der Waals surface area contributed by atoms with Crippen LogP contribution in [-0.2, 0) is 9.53 Å². The molecule has 8 heteroatoms. The first-order chi connectivity index (χ1) is 10.4. The van der Waals surface area contributed by atoms with Crippen molar-refractivity contribution >= 4 is 11.6 Å². The largest absolute Gasteiger partial charge is 0.462 e. The van der Waals surface area contributed by atoms with Crippen LogP contribution in [0.4, 0.5) is 5.69 Å². The van der Waals surface area contributed by atoms with Crippen LogP contribution in [0.15, 0.2) is 24.3 Å². The number of hydrogen-bond acceptors (Lipinski definition) is 7. The first-order valence-corrected chi connectivity index (χ1v) is 6.77. The maximum Gasteiger partial charge on any atom is 0.229 e. The van der Waals surface area contributed by atoms with Crippen LogP contribution in [0.1, 0.15) is 6.92 Å². The van der Waals surface area contributed by atoms with Crippen LogP contribution in [0.5, 0.6) is 5.75 Å². The Hall–Kier alpha value is -1.71. The third-order valence-corrected chi connectivity index (χ3v) is 3.28. The molecule has 5 N–H and O–H groups in total. The van der Waals surface area contributed by atoms with Gasteiger partial charge in [0.15, 0.2) is 0 Å². The van der Waals surface area contributed by atoms with E-state index in [-0.39, 0.29) is 5.91 Å². The summed E-state index contributed by atoms with van der Waals surface area (Å²) in [5, 5.41) is 40.9. The van der Waals surface area contributed by atoms with Crippen molar-refractivity contribution in [2.45, 2.75) is 37.6 Å². The van der Waals surface area contributed by atoms with Gasteiger partial charge in [0.2, 0.25) is 12.2 Å². The van der Waals surface area contributed by atoms with Gasteiger partial charge in [-0.05, 0) is 24.3 Å². The maximum atomic E-state index is 10.9. The first kappa shape index (κ1) is 16.7. The Morgan fingerprint density at radius 2 is 1.82 bits per heavy atom. The van der Waals surface area contributed by atoms with Crippen molar-refractivity contribution in [1.29, 1.82) is 0 Å². The molecule has 1 aromatic rings. The third kappa shape index (κ3) is 3.73. The molecule has 1 aliphatic rings. The summed E-state index contributed by atoms with van der Waals surface area (Å²) in [5.74, 6) is 0.126. The zero-order chi connectivity index (χ0) is 16.3. The number of aliphatic hydroxyl groups excluding tert-OH is 4. The summed E-state index contributed by atoms with van der Waals surface area (Å²) in [6.45, 7) is 0.866. The van der Waals surface area contributed by atoms with Gasteiger partial charge in [-0.2, -0.15) is 0 Å². The van der Waals surface area contributed by atoms with E-state index in [9.17, 15) is 20.1 Å². The van der Waals surface area contributed by atoms with E-state index in [1.165, 1.54) is 6.92 Å². The Kier molecular flexibility index (Phi) is 5.33. The van der Waals surface area contributed by atoms with Crippen molar-refractivity contribution in [1.82, 2.24) is 0 Å². The van der Waals surface area contributed by atoms with Crippen molar-refractivity contribution in [2.75, 3.05) is 11.9 Å². The van der Waals surface area contributed by atoms with Crippen LogP contribution in [0.25, 0.3) is 0 Å². The highest BCUT2D eigenvalue weighted by atomic mass is 16.7. The number of benzene rings is 1. The molecule has 0 saturated carbocycles. The molecule has 0 bridgehead atoms. The van der Waals surface area contributed by atoms with E-state index in [1.807, 2.05) is 0 Å². The average Bonchev–Trinajstić information content (AvgIpc) is 2.49. The average molecular weight is 313 g/mol. The number of carbonyl (C=O) groups is 1. The minimum absolute atomic E-state index is 0.206. The summed E-state index contributed by atoms with van der Waals surface area (Å²) in [7, 11) is 0. The minimum Gasteiger partial charge on any atom is -0.462 e. The highest BCUT2D eigenvalue weighted by Gasteiger charge is 2.44. The molecule has 0 aliphatic carbocycles. The second kappa shape index (κ2) is 7.03. The molecule has 1 aliphatic heterocycles. The number of anilines is 1. The van der Waals surface area contributed by atoms with Gasteiger partial charge < -0.3 is 35.2 Å². The predicted octanol–water partition coefficient (Wildman–Crippen LogP) is -1.18. The molecule has 0 radical (unpaired) electrons. The number of carbonyl (C=O) groups excluding carboxylic acids is 1. The van der Waals surface area contributed by atoms with Gasteiger partial charge in [0.1, 0.15) is 30.2 Å². The highest BCUT2D eigenvalue weighted by molar-refractivity contribution is 5.88. The van der Waals surface area contributed by atoms with E-state index in [0.717, 1.165) is 0 Å². The molecule has 22 heavy (non-hydrogen) atoms. The Morgan fingerprint density at radius 3 is 2.36 bits per heavy atom. The van der Waals surface area contributed by atoms with Crippen molar-refractivity contribution < 1.29 is 34.7 Å². The van der Waals surface area contributed by atoms with E-state index < -0.39 is 37.3 Å². The van der Waals surface area contributed by atoms with Crippen LogP contribution in [0.3, 0.4) is 0 Å². The number of aliphatic hydroxyl groups is 4. The molecule has 8 nitrogen and oxygen atoms in total. The molecule has 1 heterocycles. The molecule has 0 spiro atoms. The zero-order valence-electron chi connectivity index (χ0n) is 11.9. The van der Waals surface area contributed by atoms with E-state index in [0.29, 0.717) is 11.4 Å². The number of ether oxygens (including phenoxy) is 2. The second-order valence-corrected chi connectivity index (χ2v) is 5.02. The lowest BCUT2D eigenvalue weighted by Crippen LogP contribution is -2.60. The summed E-state index contributed by atoms with van der Waals surface area (Å²) in [6, 6.07) is 6.29. The molecule has 1 fully saturated rings. The molecule has 122 valence electrons. The summed E-state index contributed by atoms with van der Waals surface area (Å²) in [4.78, 5) is 10.9. The van der Waals surface area contributed by atoms with Gasteiger partial charge in [0.05, 0.1) is 6.61 Å². The molecule has 2 rings (SSSR count). The Morgan fingerprint density at radius 1 is 1.18 bits per heavy atom. The third-order valence-electron chi connectivity index (χ3n) is 3.28. The SMILES string of the molecule is CC(=O)Nc1ccc(O[C@@H]2O[C@H](CO)[C@@H](O)[C@H](O)[C@@H]2O)cc1. The number of nitrogens with one attached hydrogen (secondary N) is 1. The maximum absolute atomic E-state index is 10.9. The van der Waals surface area contributed by atoms with Gasteiger partial charge >= 0.3 is 0 Å². The minimum atomic E-state index is -1.49. The van der Waals surface area contributed by atoms with E-state index in [4.69, 9.17) is 14.6 Å². The van der Waals surface area contributed by atoms with Gasteiger partial charge in [-0.3, -0.25) is 4.79 Å². The molecule has 1 saturated heterocycles. The van der Waals surface area contributed by atoms with Crippen molar-refractivity contribution in [3.8, 4) is 5.75 Å². The molecular formula is C14H19NO7. The number of hydrogen-bond donors (Lipinski definition) is 5. The van der Waals surface area contributed by atoms with Gasteiger partial charge in [-0.1, -0.05) is 0 Å². The quantitative estimate of drug-likeness (QED) is 0.473. The molecule has 1 aromatic carbocycles. The Bertz CT molecular complexity index is 504. The summed E-state index contributed by atoms with van der Waals surface area (Å²) in [5.41, 5.74) is 0.577. The lowest BCUT2D eigenvalue weighted by atomic mass is 9.99. The fourth-order valence-electron chi connectivity index (χ4n) is 2.12. The molecule has 0 aromatic heterocycles. The fourth-order valence-corrected chi connectivity index (χ4v) is 2.12. The van der Waals surface area contributed by atoms with E-state index in [2.05, 4.69) is 5.32 Å². The molecule has 0 unspecified atom stereocenters. The van der Waals surface area contributed by atoms with E-state index in [1.54, 1.807) is 24.3 Å². The van der Waals surface area contributed by atoms with Crippen LogP contribution < -0.4 is 10.1 Å². The fraction of sp³-hybridized carbons (Fsp3) is 0.500. The predicted molar refractivity (Wildman–Crippen MR) is 75.1 cm³/mol. The molecule has 5 atom stereocenters. The van der Waals surface area contributed by atoms with Crippen LogP contribution in [0, 0.1) is 0 Å². The van der Waals surface area contributed by atoms with Crippen molar-refractivity contribution in [3.05, 3.63) is 24.3 Å². The van der Waals surface area contributed by atoms with Crippen LogP contribution in [0.2, 0.25) is 0 Å². The first-order valence-electron chi connectivity index (χ1n) is 6.77. The summed E-state index contributed by atoms with van der Waals surface area (Å²) >= 11 is 0. The Balaban J connectivity index is 2.04. The van der Waals surface area contributed by atoms with Gasteiger partial charge in [0.25, 0.3) is 0 Å². The monoisotopic (exact) mass is 313 g/mol.